The first-order valence-electron chi connectivity index (χ1n) is 5.49. The van der Waals surface area contributed by atoms with E-state index in [1.807, 2.05) is 6.07 Å². The SMILES string of the molecule is Cc1cc(NC2CCCNC2)ccc1F. The van der Waals surface area contributed by atoms with E-state index < -0.39 is 0 Å². The van der Waals surface area contributed by atoms with E-state index in [2.05, 4.69) is 10.6 Å². The van der Waals surface area contributed by atoms with E-state index in [9.17, 15) is 4.39 Å². The highest BCUT2D eigenvalue weighted by atomic mass is 19.1. The van der Waals surface area contributed by atoms with E-state index in [0.29, 0.717) is 11.6 Å². The van der Waals surface area contributed by atoms with E-state index in [1.165, 1.54) is 18.9 Å². The number of anilines is 1. The number of aryl methyl sites for hydroxylation is 1. The summed E-state index contributed by atoms with van der Waals surface area (Å²) in [4.78, 5) is 0. The molecule has 1 aromatic rings. The lowest BCUT2D eigenvalue weighted by Gasteiger charge is -2.25. The Hall–Kier alpha value is -1.09. The minimum atomic E-state index is -0.137. The van der Waals surface area contributed by atoms with E-state index in [1.54, 1.807) is 13.0 Å². The molecule has 82 valence electrons. The van der Waals surface area contributed by atoms with Gasteiger partial charge in [-0.05, 0) is 50.1 Å². The van der Waals surface area contributed by atoms with Gasteiger partial charge in [-0.1, -0.05) is 0 Å². The molecule has 1 aromatic carbocycles. The van der Waals surface area contributed by atoms with Crippen LogP contribution >= 0.6 is 0 Å². The van der Waals surface area contributed by atoms with Crippen LogP contribution in [0.5, 0.6) is 0 Å². The molecule has 0 aromatic heterocycles. The molecule has 0 radical (unpaired) electrons. The van der Waals surface area contributed by atoms with E-state index >= 15 is 0 Å². The van der Waals surface area contributed by atoms with Gasteiger partial charge >= 0.3 is 0 Å². The van der Waals surface area contributed by atoms with Crippen LogP contribution in [-0.4, -0.2) is 19.1 Å². The van der Waals surface area contributed by atoms with Crippen molar-refractivity contribution >= 4 is 5.69 Å². The Morgan fingerprint density at radius 1 is 1.47 bits per heavy atom. The van der Waals surface area contributed by atoms with Crippen LogP contribution in [0.25, 0.3) is 0 Å². The molecule has 15 heavy (non-hydrogen) atoms. The second kappa shape index (κ2) is 4.62. The second-order valence-electron chi connectivity index (χ2n) is 4.15. The Kier molecular flexibility index (Phi) is 3.21. The van der Waals surface area contributed by atoms with Crippen molar-refractivity contribution in [2.45, 2.75) is 25.8 Å². The van der Waals surface area contributed by atoms with Crippen molar-refractivity contribution in [2.24, 2.45) is 0 Å². The number of hydrogen-bond acceptors (Lipinski definition) is 2. The van der Waals surface area contributed by atoms with Crippen LogP contribution in [0, 0.1) is 12.7 Å². The maximum Gasteiger partial charge on any atom is 0.126 e. The van der Waals surface area contributed by atoms with E-state index in [-0.39, 0.29) is 5.82 Å². The fourth-order valence-corrected chi connectivity index (χ4v) is 1.95. The Bertz CT molecular complexity index is 332. The van der Waals surface area contributed by atoms with Gasteiger partial charge in [0.05, 0.1) is 0 Å². The summed E-state index contributed by atoms with van der Waals surface area (Å²) in [5.74, 6) is -0.137. The molecule has 0 amide bonds. The molecule has 1 heterocycles. The van der Waals surface area contributed by atoms with Crippen LogP contribution in [0.15, 0.2) is 18.2 Å². The third-order valence-electron chi connectivity index (χ3n) is 2.83. The number of halogens is 1. The molecule has 3 heteroatoms. The molecule has 2 nitrogen and oxygen atoms in total. The molecular weight excluding hydrogens is 191 g/mol. The normalized spacial score (nSPS) is 21.3. The van der Waals surface area contributed by atoms with Gasteiger partial charge < -0.3 is 10.6 Å². The average molecular weight is 208 g/mol. The van der Waals surface area contributed by atoms with E-state index in [4.69, 9.17) is 0 Å². The van der Waals surface area contributed by atoms with Gasteiger partial charge in [0.1, 0.15) is 5.82 Å². The maximum atomic E-state index is 13.0. The van der Waals surface area contributed by atoms with Crippen LogP contribution in [0.4, 0.5) is 10.1 Å². The highest BCUT2D eigenvalue weighted by Crippen LogP contribution is 2.16. The summed E-state index contributed by atoms with van der Waals surface area (Å²) in [7, 11) is 0. The summed E-state index contributed by atoms with van der Waals surface area (Å²) in [6, 6.07) is 5.66. The molecule has 0 spiro atoms. The first kappa shape index (κ1) is 10.4. The minimum Gasteiger partial charge on any atom is -0.381 e. The van der Waals surface area contributed by atoms with Crippen molar-refractivity contribution < 1.29 is 4.39 Å². The zero-order valence-electron chi connectivity index (χ0n) is 9.02. The lowest BCUT2D eigenvalue weighted by Crippen LogP contribution is -2.38. The van der Waals surface area contributed by atoms with Gasteiger partial charge in [-0.15, -0.1) is 0 Å². The van der Waals surface area contributed by atoms with Gasteiger partial charge in [0.25, 0.3) is 0 Å². The predicted molar refractivity (Wildman–Crippen MR) is 60.7 cm³/mol. The zero-order chi connectivity index (χ0) is 10.7. The summed E-state index contributed by atoms with van der Waals surface area (Å²) < 4.78 is 13.0. The third-order valence-corrected chi connectivity index (χ3v) is 2.83. The van der Waals surface area contributed by atoms with Crippen LogP contribution in [0.3, 0.4) is 0 Å². The molecule has 2 rings (SSSR count). The molecule has 0 aliphatic carbocycles. The van der Waals surface area contributed by atoms with Crippen molar-refractivity contribution in [3.05, 3.63) is 29.6 Å². The highest BCUT2D eigenvalue weighted by Gasteiger charge is 2.12. The maximum absolute atomic E-state index is 13.0. The Morgan fingerprint density at radius 3 is 3.00 bits per heavy atom. The first-order chi connectivity index (χ1) is 7.25. The quantitative estimate of drug-likeness (QED) is 0.779. The van der Waals surface area contributed by atoms with E-state index in [0.717, 1.165) is 18.8 Å². The van der Waals surface area contributed by atoms with Crippen molar-refractivity contribution in [1.82, 2.24) is 5.32 Å². The monoisotopic (exact) mass is 208 g/mol. The van der Waals surface area contributed by atoms with Crippen LogP contribution in [0.2, 0.25) is 0 Å². The third kappa shape index (κ3) is 2.69. The number of benzene rings is 1. The highest BCUT2D eigenvalue weighted by molar-refractivity contribution is 5.46. The molecule has 1 aliphatic heterocycles. The van der Waals surface area contributed by atoms with Gasteiger partial charge in [0.2, 0.25) is 0 Å². The molecule has 1 saturated heterocycles. The largest absolute Gasteiger partial charge is 0.381 e. The van der Waals surface area contributed by atoms with Gasteiger partial charge in [0.15, 0.2) is 0 Å². The fraction of sp³-hybridized carbons (Fsp3) is 0.500. The number of rotatable bonds is 2. The van der Waals surface area contributed by atoms with Crippen LogP contribution in [-0.2, 0) is 0 Å². The Labute approximate surface area is 89.9 Å². The topological polar surface area (TPSA) is 24.1 Å². The van der Waals surface area contributed by atoms with Gasteiger partial charge in [-0.25, -0.2) is 4.39 Å². The number of piperidine rings is 1. The molecule has 2 N–H and O–H groups in total. The Morgan fingerprint density at radius 2 is 2.33 bits per heavy atom. The standard InChI is InChI=1S/C12H17FN2/c1-9-7-10(4-5-12(9)13)15-11-3-2-6-14-8-11/h4-5,7,11,14-15H,2-3,6,8H2,1H3. The van der Waals surface area contributed by atoms with Gasteiger partial charge in [-0.2, -0.15) is 0 Å². The van der Waals surface area contributed by atoms with Crippen molar-refractivity contribution in [2.75, 3.05) is 18.4 Å². The average Bonchev–Trinajstić information content (AvgIpc) is 2.25. The summed E-state index contributed by atoms with van der Waals surface area (Å²) >= 11 is 0. The van der Waals surface area contributed by atoms with Gasteiger partial charge in [-0.3, -0.25) is 0 Å². The summed E-state index contributed by atoms with van der Waals surface area (Å²) in [5.41, 5.74) is 1.71. The van der Waals surface area contributed by atoms with Crippen molar-refractivity contribution in [1.29, 1.82) is 0 Å². The molecule has 0 bridgehead atoms. The fourth-order valence-electron chi connectivity index (χ4n) is 1.95. The van der Waals surface area contributed by atoms with Crippen LogP contribution in [0.1, 0.15) is 18.4 Å². The molecule has 1 atom stereocenters. The molecule has 1 aliphatic rings. The second-order valence-corrected chi connectivity index (χ2v) is 4.15. The lowest BCUT2D eigenvalue weighted by molar-refractivity contribution is 0.480. The zero-order valence-corrected chi connectivity index (χ0v) is 9.02. The Balaban J connectivity index is 2.00. The van der Waals surface area contributed by atoms with Crippen molar-refractivity contribution in [3.63, 3.8) is 0 Å². The first-order valence-corrected chi connectivity index (χ1v) is 5.49. The summed E-state index contributed by atoms with van der Waals surface area (Å²) in [6.07, 6.45) is 2.39. The lowest BCUT2D eigenvalue weighted by atomic mass is 10.1. The molecule has 0 saturated carbocycles. The minimum absolute atomic E-state index is 0.137. The number of nitrogens with one attached hydrogen (secondary N) is 2. The molecule has 1 fully saturated rings. The smallest absolute Gasteiger partial charge is 0.126 e. The predicted octanol–water partition coefficient (Wildman–Crippen LogP) is 2.30. The van der Waals surface area contributed by atoms with Crippen molar-refractivity contribution in [3.8, 4) is 0 Å². The van der Waals surface area contributed by atoms with Crippen LogP contribution < -0.4 is 10.6 Å². The van der Waals surface area contributed by atoms with Gasteiger partial charge in [0, 0.05) is 18.3 Å². The summed E-state index contributed by atoms with van der Waals surface area (Å²) in [6.45, 7) is 3.90. The molecular formula is C12H17FN2. The summed E-state index contributed by atoms with van der Waals surface area (Å²) in [5, 5.41) is 6.76. The number of hydrogen-bond donors (Lipinski definition) is 2. The molecule has 1 unspecified atom stereocenters.